The van der Waals surface area contributed by atoms with Gasteiger partial charge in [0, 0.05) is 6.07 Å². The van der Waals surface area contributed by atoms with Crippen molar-refractivity contribution >= 4 is 27.3 Å². The van der Waals surface area contributed by atoms with Gasteiger partial charge in [0.1, 0.15) is 16.3 Å². The van der Waals surface area contributed by atoms with Crippen molar-refractivity contribution < 1.29 is 27.1 Å². The first kappa shape index (κ1) is 18.5. The summed E-state index contributed by atoms with van der Waals surface area (Å²) in [5.74, 6) is 0.724. The van der Waals surface area contributed by atoms with E-state index in [0.29, 0.717) is 17.3 Å². The van der Waals surface area contributed by atoms with Crippen LogP contribution in [0.1, 0.15) is 21.8 Å². The number of nitrogens with zero attached hydrogens (tertiary/aromatic N) is 2. The minimum atomic E-state index is -4.04. The Labute approximate surface area is 165 Å². The van der Waals surface area contributed by atoms with Crippen LogP contribution in [0.3, 0.4) is 0 Å². The van der Waals surface area contributed by atoms with Crippen LogP contribution in [0.25, 0.3) is 10.8 Å². The van der Waals surface area contributed by atoms with E-state index in [-0.39, 0.29) is 28.5 Å². The highest BCUT2D eigenvalue weighted by atomic mass is 32.2. The second-order valence-electron chi connectivity index (χ2n) is 6.02. The molecule has 0 saturated heterocycles. The molecule has 0 radical (unpaired) electrons. The van der Waals surface area contributed by atoms with Crippen LogP contribution in [-0.4, -0.2) is 37.8 Å². The van der Waals surface area contributed by atoms with Crippen molar-refractivity contribution in [1.29, 1.82) is 0 Å². The average Bonchev–Trinajstić information content (AvgIpc) is 3.37. The maximum Gasteiger partial charge on any atom is 0.269 e. The number of methoxy groups -OCH3 is 2. The van der Waals surface area contributed by atoms with Crippen LogP contribution in [0, 0.1) is 6.92 Å². The van der Waals surface area contributed by atoms with Crippen molar-refractivity contribution in [2.75, 3.05) is 14.2 Å². The first-order valence-corrected chi connectivity index (χ1v) is 10.5. The number of hydrogen-bond donors (Lipinski definition) is 0. The van der Waals surface area contributed by atoms with Gasteiger partial charge in [-0.25, -0.2) is 17.7 Å². The third kappa shape index (κ3) is 2.76. The van der Waals surface area contributed by atoms with Gasteiger partial charge in [0.05, 0.1) is 31.2 Å². The van der Waals surface area contributed by atoms with E-state index >= 15 is 0 Å². The van der Waals surface area contributed by atoms with Crippen LogP contribution in [0.2, 0.25) is 0 Å². The maximum atomic E-state index is 13.0. The second kappa shape index (κ2) is 6.64. The number of sulfonamides is 1. The number of benzene rings is 1. The average molecular weight is 420 g/mol. The lowest BCUT2D eigenvalue weighted by Crippen LogP contribution is -2.29. The summed E-state index contributed by atoms with van der Waals surface area (Å²) in [5.41, 5.74) is 0.421. The summed E-state index contributed by atoms with van der Waals surface area (Å²) in [7, 11) is -1.23. The van der Waals surface area contributed by atoms with Gasteiger partial charge >= 0.3 is 0 Å². The van der Waals surface area contributed by atoms with Crippen molar-refractivity contribution in [1.82, 2.24) is 9.29 Å². The van der Waals surface area contributed by atoms with E-state index in [1.54, 1.807) is 6.92 Å². The number of fused-ring (bicyclic) bond motifs is 1. The molecule has 0 atom stereocenters. The minimum Gasteiger partial charge on any atom is -0.493 e. The van der Waals surface area contributed by atoms with Gasteiger partial charge in [-0.3, -0.25) is 4.79 Å². The molecule has 0 spiro atoms. The van der Waals surface area contributed by atoms with Gasteiger partial charge in [0.2, 0.25) is 5.89 Å². The molecule has 0 fully saturated rings. The van der Waals surface area contributed by atoms with Crippen LogP contribution >= 0.6 is 11.3 Å². The number of rotatable bonds is 5. The van der Waals surface area contributed by atoms with Crippen molar-refractivity contribution in [3.8, 4) is 22.3 Å². The number of carbonyl (C=O) groups excluding carboxylic acids is 1. The lowest BCUT2D eigenvalue weighted by molar-refractivity contribution is 0.0863. The Morgan fingerprint density at radius 3 is 2.57 bits per heavy atom. The Hall–Kier alpha value is -2.85. The molecule has 1 aromatic carbocycles. The Morgan fingerprint density at radius 2 is 1.93 bits per heavy atom. The fraction of sp³-hybridized carbons (Fsp3) is 0.222. The summed E-state index contributed by atoms with van der Waals surface area (Å²) < 4.78 is 42.7. The number of aryl methyl sites for hydroxylation is 1. The molecule has 0 bridgehead atoms. The fourth-order valence-corrected chi connectivity index (χ4v) is 5.15. The molecule has 1 aliphatic heterocycles. The zero-order valence-electron chi connectivity index (χ0n) is 15.3. The topological polar surface area (TPSA) is 98.9 Å². The van der Waals surface area contributed by atoms with E-state index in [9.17, 15) is 13.2 Å². The van der Waals surface area contributed by atoms with Crippen LogP contribution in [-0.2, 0) is 16.6 Å². The number of carbonyl (C=O) groups is 1. The first-order chi connectivity index (χ1) is 13.4. The van der Waals surface area contributed by atoms with Crippen LogP contribution in [0.4, 0.5) is 0 Å². The summed E-state index contributed by atoms with van der Waals surface area (Å²) in [6, 6.07) is 6.39. The highest BCUT2D eigenvalue weighted by Crippen LogP contribution is 2.39. The van der Waals surface area contributed by atoms with Gasteiger partial charge in [-0.1, -0.05) is 6.07 Å². The molecule has 0 aliphatic carbocycles. The monoisotopic (exact) mass is 420 g/mol. The number of oxazole rings is 1. The Morgan fingerprint density at radius 1 is 1.21 bits per heavy atom. The molecule has 28 heavy (non-hydrogen) atoms. The molecule has 8 nitrogen and oxygen atoms in total. The van der Waals surface area contributed by atoms with Gasteiger partial charge < -0.3 is 13.9 Å². The van der Waals surface area contributed by atoms with Gasteiger partial charge in [0.15, 0.2) is 11.5 Å². The SMILES string of the molecule is COc1cc2c(cc1OC)S(=O)(=O)N(Cc1nc(-c3cccs3)oc1C)C2=O. The first-order valence-electron chi connectivity index (χ1n) is 8.20. The number of ether oxygens (including phenoxy) is 2. The van der Waals surface area contributed by atoms with E-state index in [4.69, 9.17) is 13.9 Å². The van der Waals surface area contributed by atoms with E-state index in [0.717, 1.165) is 9.18 Å². The van der Waals surface area contributed by atoms with Crippen LogP contribution in [0.15, 0.2) is 39.0 Å². The smallest absolute Gasteiger partial charge is 0.269 e. The fourth-order valence-electron chi connectivity index (χ4n) is 2.98. The van der Waals surface area contributed by atoms with Crippen molar-refractivity contribution in [2.24, 2.45) is 0 Å². The highest BCUT2D eigenvalue weighted by molar-refractivity contribution is 7.90. The van der Waals surface area contributed by atoms with Crippen molar-refractivity contribution in [2.45, 2.75) is 18.4 Å². The van der Waals surface area contributed by atoms with Crippen molar-refractivity contribution in [3.05, 3.63) is 46.7 Å². The molecular formula is C18H16N2O6S2. The molecule has 3 aromatic rings. The molecule has 0 N–H and O–H groups in total. The molecule has 10 heteroatoms. The lowest BCUT2D eigenvalue weighted by Gasteiger charge is -2.13. The molecule has 0 unspecified atom stereocenters. The zero-order valence-corrected chi connectivity index (χ0v) is 16.9. The normalized spacial score (nSPS) is 15.0. The third-order valence-electron chi connectivity index (χ3n) is 4.43. The summed E-state index contributed by atoms with van der Waals surface area (Å²) in [6.07, 6.45) is 0. The Kier molecular flexibility index (Phi) is 4.39. The van der Waals surface area contributed by atoms with Crippen molar-refractivity contribution in [3.63, 3.8) is 0 Å². The zero-order chi connectivity index (χ0) is 20.1. The molecule has 1 amide bonds. The van der Waals surface area contributed by atoms with Gasteiger partial charge in [-0.15, -0.1) is 11.3 Å². The van der Waals surface area contributed by atoms with E-state index < -0.39 is 15.9 Å². The molecule has 3 heterocycles. The molecule has 2 aromatic heterocycles. The largest absolute Gasteiger partial charge is 0.493 e. The Bertz CT molecular complexity index is 1170. The summed E-state index contributed by atoms with van der Waals surface area (Å²) in [6.45, 7) is 1.47. The summed E-state index contributed by atoms with van der Waals surface area (Å²) in [4.78, 5) is 17.9. The molecule has 4 rings (SSSR count). The number of hydrogen-bond acceptors (Lipinski definition) is 8. The molecule has 1 aliphatic rings. The quantitative estimate of drug-likeness (QED) is 0.625. The highest BCUT2D eigenvalue weighted by Gasteiger charge is 2.43. The number of aromatic nitrogens is 1. The van der Waals surface area contributed by atoms with Gasteiger partial charge in [-0.2, -0.15) is 0 Å². The second-order valence-corrected chi connectivity index (χ2v) is 8.80. The van der Waals surface area contributed by atoms with E-state index in [1.807, 2.05) is 17.5 Å². The summed E-state index contributed by atoms with van der Waals surface area (Å²) >= 11 is 1.46. The van der Waals surface area contributed by atoms with Gasteiger partial charge in [0.25, 0.3) is 15.9 Å². The number of thiophene rings is 1. The van der Waals surface area contributed by atoms with Crippen LogP contribution < -0.4 is 9.47 Å². The molecule has 146 valence electrons. The predicted molar refractivity (Wildman–Crippen MR) is 101 cm³/mol. The Balaban J connectivity index is 1.73. The minimum absolute atomic E-state index is 0.0391. The third-order valence-corrected chi connectivity index (χ3v) is 7.06. The van der Waals surface area contributed by atoms with Crippen LogP contribution in [0.5, 0.6) is 11.5 Å². The maximum absolute atomic E-state index is 13.0. The predicted octanol–water partition coefficient (Wildman–Crippen LogP) is 3.07. The molecule has 0 saturated carbocycles. The standard InChI is InChI=1S/C18H16N2O6S2/c1-10-12(19-17(26-10)15-5-4-6-27-15)9-20-18(21)11-7-13(24-2)14(25-3)8-16(11)28(20,22)23/h4-8H,9H2,1-3H3. The number of amides is 1. The van der Waals surface area contributed by atoms with E-state index in [1.165, 1.54) is 37.7 Å². The van der Waals surface area contributed by atoms with E-state index in [2.05, 4.69) is 4.98 Å². The summed E-state index contributed by atoms with van der Waals surface area (Å²) in [5, 5.41) is 1.89. The molecular weight excluding hydrogens is 404 g/mol. The van der Waals surface area contributed by atoms with Gasteiger partial charge in [-0.05, 0) is 24.4 Å². The lowest BCUT2D eigenvalue weighted by atomic mass is 10.2.